The lowest BCUT2D eigenvalue weighted by atomic mass is 10.1. The minimum absolute atomic E-state index is 0.144. The van der Waals surface area contributed by atoms with E-state index in [4.69, 9.17) is 9.47 Å². The Balaban J connectivity index is 1.42. The average molecular weight is 322 g/mol. The molecule has 5 nitrogen and oxygen atoms in total. The third-order valence-corrected chi connectivity index (χ3v) is 5.76. The monoisotopic (exact) mass is 322 g/mol. The molecule has 0 bridgehead atoms. The molecule has 0 aromatic carbocycles. The summed E-state index contributed by atoms with van der Waals surface area (Å²) in [6, 6.07) is 4.16. The number of carbonyl (C=O) groups is 1. The van der Waals surface area contributed by atoms with Crippen molar-refractivity contribution in [2.45, 2.75) is 31.1 Å². The Kier molecular flexibility index (Phi) is 4.17. The largest absolute Gasteiger partial charge is 0.377 e. The van der Waals surface area contributed by atoms with Crippen molar-refractivity contribution in [3.05, 3.63) is 22.4 Å². The Morgan fingerprint density at radius 3 is 3.05 bits per heavy atom. The maximum absolute atomic E-state index is 12.5. The van der Waals surface area contributed by atoms with Crippen molar-refractivity contribution in [3.63, 3.8) is 0 Å². The molecule has 1 aromatic rings. The standard InChI is InChI=1S/C16H22N2O3S/c19-16(15-4-2-8-22-15)18-10-13-14(11-18)21-7-5-17(13)9-12-3-1-6-20-12/h2,4,8,12-14H,1,3,5-7,9-11H2/t12-,13-,14+/m1/s1. The highest BCUT2D eigenvalue weighted by molar-refractivity contribution is 7.12. The number of likely N-dealkylation sites (tertiary alicyclic amines) is 1. The van der Waals surface area contributed by atoms with Gasteiger partial charge in [0.05, 0.1) is 29.7 Å². The van der Waals surface area contributed by atoms with E-state index in [9.17, 15) is 4.79 Å². The van der Waals surface area contributed by atoms with Crippen LogP contribution in [0.5, 0.6) is 0 Å². The van der Waals surface area contributed by atoms with Crippen LogP contribution in [0.15, 0.2) is 17.5 Å². The lowest BCUT2D eigenvalue weighted by Gasteiger charge is -2.37. The van der Waals surface area contributed by atoms with Crippen LogP contribution in [0.3, 0.4) is 0 Å². The van der Waals surface area contributed by atoms with Crippen molar-refractivity contribution in [2.75, 3.05) is 39.4 Å². The van der Waals surface area contributed by atoms with Gasteiger partial charge >= 0.3 is 0 Å². The quantitative estimate of drug-likeness (QED) is 0.845. The molecule has 120 valence electrons. The summed E-state index contributed by atoms with van der Waals surface area (Å²) in [6.07, 6.45) is 2.85. The fourth-order valence-corrected chi connectivity index (χ4v) is 4.45. The summed E-state index contributed by atoms with van der Waals surface area (Å²) in [5.74, 6) is 0.144. The third kappa shape index (κ3) is 2.80. The van der Waals surface area contributed by atoms with E-state index >= 15 is 0 Å². The minimum Gasteiger partial charge on any atom is -0.377 e. The lowest BCUT2D eigenvalue weighted by molar-refractivity contribution is -0.0614. The number of thiophene rings is 1. The van der Waals surface area contributed by atoms with Gasteiger partial charge in [-0.1, -0.05) is 6.07 Å². The molecule has 1 aromatic heterocycles. The second-order valence-corrected chi connectivity index (χ2v) is 7.24. The van der Waals surface area contributed by atoms with Crippen molar-refractivity contribution in [1.82, 2.24) is 9.80 Å². The average Bonchev–Trinajstić information content (AvgIpc) is 3.28. The first-order chi connectivity index (χ1) is 10.8. The highest BCUT2D eigenvalue weighted by Gasteiger charge is 2.42. The fourth-order valence-electron chi connectivity index (χ4n) is 3.76. The van der Waals surface area contributed by atoms with E-state index in [0.29, 0.717) is 18.7 Å². The number of ether oxygens (including phenoxy) is 2. The molecule has 22 heavy (non-hydrogen) atoms. The summed E-state index contributed by atoms with van der Waals surface area (Å²) in [7, 11) is 0. The van der Waals surface area contributed by atoms with Crippen molar-refractivity contribution in [1.29, 1.82) is 0 Å². The maximum Gasteiger partial charge on any atom is 0.264 e. The molecule has 0 radical (unpaired) electrons. The molecule has 0 spiro atoms. The van der Waals surface area contributed by atoms with E-state index in [1.165, 1.54) is 17.8 Å². The number of hydrogen-bond donors (Lipinski definition) is 0. The molecule has 3 fully saturated rings. The van der Waals surface area contributed by atoms with Crippen LogP contribution >= 0.6 is 11.3 Å². The number of morpholine rings is 1. The normalized spacial score (nSPS) is 32.4. The molecular formula is C16H22N2O3S. The highest BCUT2D eigenvalue weighted by atomic mass is 32.1. The SMILES string of the molecule is O=C(c1cccs1)N1C[C@@H]2OCCN(C[C@H]3CCCO3)[C@@H]2C1. The van der Waals surface area contributed by atoms with E-state index in [2.05, 4.69) is 4.90 Å². The summed E-state index contributed by atoms with van der Waals surface area (Å²) in [5, 5.41) is 1.95. The van der Waals surface area contributed by atoms with Crippen molar-refractivity contribution in [2.24, 2.45) is 0 Å². The first kappa shape index (κ1) is 14.6. The minimum atomic E-state index is 0.144. The number of nitrogens with zero attached hydrogens (tertiary/aromatic N) is 2. The number of hydrogen-bond acceptors (Lipinski definition) is 5. The number of carbonyl (C=O) groups excluding carboxylic acids is 1. The highest BCUT2D eigenvalue weighted by Crippen LogP contribution is 2.26. The number of rotatable bonds is 3. The number of fused-ring (bicyclic) bond motifs is 1. The molecular weight excluding hydrogens is 300 g/mol. The Hall–Kier alpha value is -0.950. The zero-order chi connectivity index (χ0) is 14.9. The Labute approximate surface area is 134 Å². The van der Waals surface area contributed by atoms with Crippen LogP contribution in [0.2, 0.25) is 0 Å². The zero-order valence-corrected chi connectivity index (χ0v) is 13.5. The van der Waals surface area contributed by atoms with Crippen molar-refractivity contribution >= 4 is 17.2 Å². The van der Waals surface area contributed by atoms with Gasteiger partial charge in [0.25, 0.3) is 5.91 Å². The number of amides is 1. The Morgan fingerprint density at radius 2 is 2.27 bits per heavy atom. The molecule has 4 rings (SSSR count). The second-order valence-electron chi connectivity index (χ2n) is 6.29. The van der Waals surface area contributed by atoms with E-state index in [1.54, 1.807) is 0 Å². The lowest BCUT2D eigenvalue weighted by Crippen LogP contribution is -2.52. The molecule has 4 heterocycles. The van der Waals surface area contributed by atoms with Crippen LogP contribution in [-0.4, -0.2) is 73.3 Å². The maximum atomic E-state index is 12.5. The summed E-state index contributed by atoms with van der Waals surface area (Å²) < 4.78 is 11.7. The smallest absolute Gasteiger partial charge is 0.264 e. The molecule has 1 amide bonds. The first-order valence-corrected chi connectivity index (χ1v) is 8.99. The van der Waals surface area contributed by atoms with Crippen LogP contribution in [0.1, 0.15) is 22.5 Å². The van der Waals surface area contributed by atoms with Gasteiger partial charge in [0.15, 0.2) is 0 Å². The molecule has 0 N–H and O–H groups in total. The molecule has 3 aliphatic heterocycles. The van der Waals surface area contributed by atoms with Gasteiger partial charge < -0.3 is 14.4 Å². The van der Waals surface area contributed by atoms with Gasteiger partial charge in [0, 0.05) is 32.8 Å². The molecule has 6 heteroatoms. The van der Waals surface area contributed by atoms with Crippen LogP contribution < -0.4 is 0 Å². The van der Waals surface area contributed by atoms with Crippen LogP contribution in [0.25, 0.3) is 0 Å². The van der Waals surface area contributed by atoms with Crippen molar-refractivity contribution in [3.8, 4) is 0 Å². The van der Waals surface area contributed by atoms with Gasteiger partial charge in [0.1, 0.15) is 0 Å². The zero-order valence-electron chi connectivity index (χ0n) is 12.6. The van der Waals surface area contributed by atoms with Gasteiger partial charge in [-0.05, 0) is 24.3 Å². The summed E-state index contributed by atoms with van der Waals surface area (Å²) >= 11 is 1.51. The summed E-state index contributed by atoms with van der Waals surface area (Å²) in [5.41, 5.74) is 0. The van der Waals surface area contributed by atoms with E-state index in [-0.39, 0.29) is 12.0 Å². The fraction of sp³-hybridized carbons (Fsp3) is 0.688. The van der Waals surface area contributed by atoms with E-state index in [1.807, 2.05) is 22.4 Å². The van der Waals surface area contributed by atoms with Crippen LogP contribution in [0, 0.1) is 0 Å². The van der Waals surface area contributed by atoms with Gasteiger partial charge in [-0.15, -0.1) is 11.3 Å². The third-order valence-electron chi connectivity index (χ3n) is 4.90. The van der Waals surface area contributed by atoms with Gasteiger partial charge in [-0.2, -0.15) is 0 Å². The van der Waals surface area contributed by atoms with E-state index < -0.39 is 0 Å². The van der Waals surface area contributed by atoms with Crippen LogP contribution in [-0.2, 0) is 9.47 Å². The van der Waals surface area contributed by atoms with Gasteiger partial charge in [0.2, 0.25) is 0 Å². The molecule has 0 aliphatic carbocycles. The first-order valence-electron chi connectivity index (χ1n) is 8.11. The predicted molar refractivity (Wildman–Crippen MR) is 84.3 cm³/mol. The molecule has 3 atom stereocenters. The summed E-state index contributed by atoms with van der Waals surface area (Å²) in [4.78, 5) is 17.8. The van der Waals surface area contributed by atoms with Crippen LogP contribution in [0.4, 0.5) is 0 Å². The molecule has 0 saturated carbocycles. The molecule has 3 saturated heterocycles. The summed E-state index contributed by atoms with van der Waals surface area (Å²) in [6.45, 7) is 5.06. The Bertz CT molecular complexity index is 515. The van der Waals surface area contributed by atoms with E-state index in [0.717, 1.165) is 44.1 Å². The Morgan fingerprint density at radius 1 is 1.32 bits per heavy atom. The van der Waals surface area contributed by atoms with Gasteiger partial charge in [-0.25, -0.2) is 0 Å². The van der Waals surface area contributed by atoms with Crippen molar-refractivity contribution < 1.29 is 14.3 Å². The molecule has 0 unspecified atom stereocenters. The second kappa shape index (κ2) is 6.28. The molecule has 3 aliphatic rings. The topological polar surface area (TPSA) is 42.0 Å². The predicted octanol–water partition coefficient (Wildman–Crippen LogP) is 1.45. The van der Waals surface area contributed by atoms with Gasteiger partial charge in [-0.3, -0.25) is 9.69 Å².